The van der Waals surface area contributed by atoms with Crippen LogP contribution in [0.1, 0.15) is 39.0 Å². The minimum Gasteiger partial charge on any atom is -0.381 e. The number of amides is 1. The van der Waals surface area contributed by atoms with E-state index in [1.54, 1.807) is 4.90 Å². The average molecular weight is 279 g/mol. The van der Waals surface area contributed by atoms with Gasteiger partial charge in [-0.3, -0.25) is 4.79 Å². The first-order chi connectivity index (χ1) is 8.15. The minimum absolute atomic E-state index is 0. The lowest BCUT2D eigenvalue weighted by Gasteiger charge is -2.26. The molecule has 4 nitrogen and oxygen atoms in total. The highest BCUT2D eigenvalue weighted by molar-refractivity contribution is 5.85. The molecule has 0 aromatic carbocycles. The number of nitrogens with two attached hydrogens (primary N) is 1. The van der Waals surface area contributed by atoms with Gasteiger partial charge in [0.1, 0.15) is 0 Å². The van der Waals surface area contributed by atoms with Gasteiger partial charge in [0.15, 0.2) is 0 Å². The highest BCUT2D eigenvalue weighted by Crippen LogP contribution is 2.18. The molecule has 0 radical (unpaired) electrons. The molecular weight excluding hydrogens is 252 g/mol. The van der Waals surface area contributed by atoms with Crippen molar-refractivity contribution in [3.63, 3.8) is 0 Å². The molecule has 1 heterocycles. The van der Waals surface area contributed by atoms with E-state index < -0.39 is 0 Å². The summed E-state index contributed by atoms with van der Waals surface area (Å²) >= 11 is 0. The normalized spacial score (nSPS) is 17.9. The van der Waals surface area contributed by atoms with E-state index in [0.717, 1.165) is 51.9 Å². The van der Waals surface area contributed by atoms with Gasteiger partial charge in [0.25, 0.3) is 0 Å². The molecule has 2 N–H and O–H groups in total. The van der Waals surface area contributed by atoms with E-state index in [9.17, 15) is 4.79 Å². The molecule has 0 aliphatic carbocycles. The Bertz CT molecular complexity index is 233. The highest BCUT2D eigenvalue weighted by atomic mass is 35.5. The summed E-state index contributed by atoms with van der Waals surface area (Å²) in [4.78, 5) is 13.7. The van der Waals surface area contributed by atoms with E-state index in [1.807, 2.05) is 7.05 Å². The minimum atomic E-state index is -0.320. The van der Waals surface area contributed by atoms with Gasteiger partial charge >= 0.3 is 0 Å². The zero-order valence-corrected chi connectivity index (χ0v) is 12.4. The predicted molar refractivity (Wildman–Crippen MR) is 75.9 cm³/mol. The van der Waals surface area contributed by atoms with E-state index in [4.69, 9.17) is 10.5 Å². The topological polar surface area (TPSA) is 55.6 Å². The molecule has 1 unspecified atom stereocenters. The summed E-state index contributed by atoms with van der Waals surface area (Å²) in [5, 5.41) is 0. The number of carbonyl (C=O) groups excluding carboxylic acids is 1. The van der Waals surface area contributed by atoms with Crippen LogP contribution in [0.5, 0.6) is 0 Å². The van der Waals surface area contributed by atoms with Crippen molar-refractivity contribution < 1.29 is 9.53 Å². The molecular formula is C13H27ClN2O2. The fourth-order valence-electron chi connectivity index (χ4n) is 2.24. The van der Waals surface area contributed by atoms with Crippen LogP contribution in [-0.4, -0.2) is 43.7 Å². The van der Waals surface area contributed by atoms with E-state index >= 15 is 0 Å². The van der Waals surface area contributed by atoms with Crippen molar-refractivity contribution in [2.75, 3.05) is 26.8 Å². The molecule has 0 bridgehead atoms. The molecule has 18 heavy (non-hydrogen) atoms. The maximum Gasteiger partial charge on any atom is 0.239 e. The molecule has 1 saturated heterocycles. The lowest BCUT2D eigenvalue weighted by atomic mass is 9.96. The fraction of sp³-hybridized carbons (Fsp3) is 0.923. The molecule has 1 atom stereocenters. The summed E-state index contributed by atoms with van der Waals surface area (Å²) in [5.41, 5.74) is 5.83. The van der Waals surface area contributed by atoms with Crippen molar-refractivity contribution in [3.05, 3.63) is 0 Å². The van der Waals surface area contributed by atoms with Crippen LogP contribution < -0.4 is 5.73 Å². The second-order valence-corrected chi connectivity index (χ2v) is 5.00. The average Bonchev–Trinajstić information content (AvgIpc) is 2.36. The Morgan fingerprint density at radius 3 is 2.61 bits per heavy atom. The Kier molecular flexibility index (Phi) is 9.42. The Balaban J connectivity index is 0.00000289. The van der Waals surface area contributed by atoms with E-state index in [1.165, 1.54) is 0 Å². The van der Waals surface area contributed by atoms with Crippen LogP contribution in [0.2, 0.25) is 0 Å². The lowest BCUT2D eigenvalue weighted by molar-refractivity contribution is -0.131. The zero-order valence-electron chi connectivity index (χ0n) is 11.6. The Morgan fingerprint density at radius 1 is 1.44 bits per heavy atom. The SMILES string of the molecule is CCCC(N)C(=O)N(C)CCC1CCOCC1.Cl. The largest absolute Gasteiger partial charge is 0.381 e. The van der Waals surface area contributed by atoms with Crippen molar-refractivity contribution in [2.24, 2.45) is 11.7 Å². The number of rotatable bonds is 6. The highest BCUT2D eigenvalue weighted by Gasteiger charge is 2.19. The molecule has 1 amide bonds. The third kappa shape index (κ3) is 6.03. The summed E-state index contributed by atoms with van der Waals surface area (Å²) in [6.07, 6.45) is 5.07. The van der Waals surface area contributed by atoms with Gasteiger partial charge < -0.3 is 15.4 Å². The maximum absolute atomic E-state index is 11.9. The van der Waals surface area contributed by atoms with Crippen LogP contribution >= 0.6 is 12.4 Å². The van der Waals surface area contributed by atoms with Crippen molar-refractivity contribution in [1.82, 2.24) is 4.90 Å². The molecule has 1 aliphatic rings. The number of ether oxygens (including phenoxy) is 1. The van der Waals surface area contributed by atoms with Crippen LogP contribution in [0.3, 0.4) is 0 Å². The van der Waals surface area contributed by atoms with Gasteiger partial charge in [0.2, 0.25) is 5.91 Å². The third-order valence-electron chi connectivity index (χ3n) is 3.51. The number of halogens is 1. The lowest BCUT2D eigenvalue weighted by Crippen LogP contribution is -2.42. The molecule has 1 rings (SSSR count). The van der Waals surface area contributed by atoms with Crippen LogP contribution in [0.15, 0.2) is 0 Å². The summed E-state index contributed by atoms with van der Waals surface area (Å²) in [5.74, 6) is 0.792. The number of hydrogen-bond acceptors (Lipinski definition) is 3. The van der Waals surface area contributed by atoms with Gasteiger partial charge in [0, 0.05) is 26.8 Å². The van der Waals surface area contributed by atoms with Gasteiger partial charge in [-0.25, -0.2) is 0 Å². The van der Waals surface area contributed by atoms with Gasteiger partial charge in [-0.15, -0.1) is 12.4 Å². The van der Waals surface area contributed by atoms with Crippen LogP contribution in [0.4, 0.5) is 0 Å². The molecule has 0 saturated carbocycles. The molecule has 1 fully saturated rings. The smallest absolute Gasteiger partial charge is 0.239 e. The van der Waals surface area contributed by atoms with E-state index in [0.29, 0.717) is 5.92 Å². The van der Waals surface area contributed by atoms with Gasteiger partial charge in [-0.05, 0) is 31.6 Å². The summed E-state index contributed by atoms with van der Waals surface area (Å²) in [6.45, 7) is 4.62. The number of hydrogen-bond donors (Lipinski definition) is 1. The maximum atomic E-state index is 11.9. The summed E-state index contributed by atoms with van der Waals surface area (Å²) in [7, 11) is 1.86. The van der Waals surface area contributed by atoms with E-state index in [-0.39, 0.29) is 24.4 Å². The third-order valence-corrected chi connectivity index (χ3v) is 3.51. The van der Waals surface area contributed by atoms with Crippen molar-refractivity contribution >= 4 is 18.3 Å². The Labute approximate surface area is 117 Å². The van der Waals surface area contributed by atoms with Gasteiger partial charge in [-0.1, -0.05) is 13.3 Å². The molecule has 5 heteroatoms. The molecule has 0 spiro atoms. The molecule has 0 aromatic rings. The standard InChI is InChI=1S/C13H26N2O2.ClH/c1-3-4-12(14)13(16)15(2)8-5-11-6-9-17-10-7-11;/h11-12H,3-10,14H2,1-2H3;1H. The molecule has 0 aromatic heterocycles. The number of nitrogens with zero attached hydrogens (tertiary/aromatic N) is 1. The Morgan fingerprint density at radius 2 is 2.06 bits per heavy atom. The molecule has 108 valence electrons. The summed E-state index contributed by atoms with van der Waals surface area (Å²) < 4.78 is 5.32. The number of carbonyl (C=O) groups is 1. The first kappa shape index (κ1) is 17.7. The first-order valence-electron chi connectivity index (χ1n) is 6.73. The van der Waals surface area contributed by atoms with Crippen LogP contribution in [-0.2, 0) is 9.53 Å². The van der Waals surface area contributed by atoms with Gasteiger partial charge in [-0.2, -0.15) is 0 Å². The Hall–Kier alpha value is -0.320. The van der Waals surface area contributed by atoms with Crippen molar-refractivity contribution in [1.29, 1.82) is 0 Å². The van der Waals surface area contributed by atoms with Crippen molar-refractivity contribution in [3.8, 4) is 0 Å². The second-order valence-electron chi connectivity index (χ2n) is 5.00. The first-order valence-corrected chi connectivity index (χ1v) is 6.73. The van der Waals surface area contributed by atoms with Crippen LogP contribution in [0.25, 0.3) is 0 Å². The zero-order chi connectivity index (χ0) is 12.7. The molecule has 1 aliphatic heterocycles. The second kappa shape index (κ2) is 9.59. The van der Waals surface area contributed by atoms with Crippen molar-refractivity contribution in [2.45, 2.75) is 45.1 Å². The predicted octanol–water partition coefficient (Wildman–Crippen LogP) is 1.81. The summed E-state index contributed by atoms with van der Waals surface area (Å²) in [6, 6.07) is -0.320. The quantitative estimate of drug-likeness (QED) is 0.806. The number of likely N-dealkylation sites (N-methyl/N-ethyl adjacent to an activating group) is 1. The van der Waals surface area contributed by atoms with Gasteiger partial charge in [0.05, 0.1) is 6.04 Å². The van der Waals surface area contributed by atoms with E-state index in [2.05, 4.69) is 6.92 Å². The fourth-order valence-corrected chi connectivity index (χ4v) is 2.24. The van der Waals surface area contributed by atoms with Crippen LogP contribution in [0, 0.1) is 5.92 Å². The monoisotopic (exact) mass is 278 g/mol.